The van der Waals surface area contributed by atoms with Gasteiger partial charge in [0.25, 0.3) is 5.91 Å². The van der Waals surface area contributed by atoms with E-state index in [1.807, 2.05) is 0 Å². The van der Waals surface area contributed by atoms with Gasteiger partial charge in [0.15, 0.2) is 11.5 Å². The van der Waals surface area contributed by atoms with Crippen molar-refractivity contribution in [3.8, 4) is 11.5 Å². The van der Waals surface area contributed by atoms with Crippen molar-refractivity contribution in [2.24, 2.45) is 0 Å². The fraction of sp³-hybridized carbons (Fsp3) is 0.263. The Morgan fingerprint density at radius 3 is 2.54 bits per heavy atom. The number of hydrogen-bond donors (Lipinski definition) is 1. The van der Waals surface area contributed by atoms with Gasteiger partial charge in [0, 0.05) is 24.7 Å². The fourth-order valence-electron chi connectivity index (χ4n) is 2.64. The summed E-state index contributed by atoms with van der Waals surface area (Å²) in [4.78, 5) is 26.2. The Kier molecular flexibility index (Phi) is 6.54. The number of anilines is 1. The lowest BCUT2D eigenvalue weighted by Crippen LogP contribution is -2.35. The van der Waals surface area contributed by atoms with Gasteiger partial charge in [-0.15, -0.1) is 0 Å². The maximum Gasteiger partial charge on any atom is 0.254 e. The van der Waals surface area contributed by atoms with E-state index in [1.54, 1.807) is 18.2 Å². The summed E-state index contributed by atoms with van der Waals surface area (Å²) in [5, 5.41) is 3.67. The van der Waals surface area contributed by atoms with Crippen molar-refractivity contribution in [2.45, 2.75) is 6.42 Å². The second kappa shape index (κ2) is 8.90. The number of nitrogens with zero attached hydrogens (tertiary/aromatic N) is 1. The largest absolute Gasteiger partial charge is 0.489 e. The van der Waals surface area contributed by atoms with E-state index in [9.17, 15) is 9.59 Å². The summed E-state index contributed by atoms with van der Waals surface area (Å²) in [6, 6.07) is 7.81. The average molecular weight is 444 g/mol. The highest BCUT2D eigenvalue weighted by Crippen LogP contribution is 2.38. The number of likely N-dealkylation sites (N-methyl/N-ethyl adjacent to an activating group) is 1. The van der Waals surface area contributed by atoms with Crippen LogP contribution >= 0.6 is 34.8 Å². The SMILES string of the molecule is CN(CC(=O)Nc1ccc(Cl)c(Cl)c1)C(=O)c1cc(Cl)c2c(c1)OCCCO2. The minimum atomic E-state index is -0.380. The molecule has 0 saturated heterocycles. The number of ether oxygens (including phenoxy) is 2. The first kappa shape index (κ1) is 20.6. The van der Waals surface area contributed by atoms with Crippen LogP contribution in [0.3, 0.4) is 0 Å². The smallest absolute Gasteiger partial charge is 0.254 e. The number of benzene rings is 2. The topological polar surface area (TPSA) is 67.9 Å². The van der Waals surface area contributed by atoms with Gasteiger partial charge in [0.2, 0.25) is 5.91 Å². The van der Waals surface area contributed by atoms with E-state index in [0.29, 0.717) is 46.0 Å². The van der Waals surface area contributed by atoms with Crippen molar-refractivity contribution in [2.75, 3.05) is 32.1 Å². The van der Waals surface area contributed by atoms with Crippen LogP contribution in [-0.4, -0.2) is 43.5 Å². The van der Waals surface area contributed by atoms with E-state index >= 15 is 0 Å². The lowest BCUT2D eigenvalue weighted by atomic mass is 10.1. The molecule has 0 unspecified atom stereocenters. The zero-order chi connectivity index (χ0) is 20.3. The molecule has 1 aliphatic heterocycles. The van der Waals surface area contributed by atoms with Gasteiger partial charge in [-0.1, -0.05) is 34.8 Å². The second-order valence-corrected chi connectivity index (χ2v) is 7.40. The number of carbonyl (C=O) groups excluding carboxylic acids is 2. The van der Waals surface area contributed by atoms with E-state index in [-0.39, 0.29) is 23.4 Å². The van der Waals surface area contributed by atoms with Gasteiger partial charge in [-0.25, -0.2) is 0 Å². The van der Waals surface area contributed by atoms with Gasteiger partial charge in [-0.2, -0.15) is 0 Å². The summed E-state index contributed by atoms with van der Waals surface area (Å²) >= 11 is 18.0. The number of halogens is 3. The highest BCUT2D eigenvalue weighted by Gasteiger charge is 2.21. The van der Waals surface area contributed by atoms with Crippen LogP contribution in [0, 0.1) is 0 Å². The molecule has 9 heteroatoms. The Hall–Kier alpha value is -2.15. The van der Waals surface area contributed by atoms with Crippen LogP contribution in [0.5, 0.6) is 11.5 Å². The van der Waals surface area contributed by atoms with Gasteiger partial charge >= 0.3 is 0 Å². The average Bonchev–Trinajstić information content (AvgIpc) is 2.90. The second-order valence-electron chi connectivity index (χ2n) is 6.17. The molecular formula is C19H17Cl3N2O4. The van der Waals surface area contributed by atoms with Crippen molar-refractivity contribution >= 4 is 52.3 Å². The summed E-state index contributed by atoms with van der Waals surface area (Å²) in [7, 11) is 1.52. The maximum atomic E-state index is 12.7. The monoisotopic (exact) mass is 442 g/mol. The highest BCUT2D eigenvalue weighted by molar-refractivity contribution is 6.42. The van der Waals surface area contributed by atoms with E-state index in [2.05, 4.69) is 5.32 Å². The Morgan fingerprint density at radius 1 is 1.04 bits per heavy atom. The molecule has 1 heterocycles. The maximum absolute atomic E-state index is 12.7. The number of fused-ring (bicyclic) bond motifs is 1. The predicted molar refractivity (Wildman–Crippen MR) is 109 cm³/mol. The molecule has 2 aromatic rings. The van der Waals surface area contributed by atoms with Crippen LogP contribution in [-0.2, 0) is 4.79 Å². The van der Waals surface area contributed by atoms with Crippen molar-refractivity contribution in [1.29, 1.82) is 0 Å². The summed E-state index contributed by atoms with van der Waals surface area (Å²) in [5.41, 5.74) is 0.790. The predicted octanol–water partition coefficient (Wildman–Crippen LogP) is 4.52. The van der Waals surface area contributed by atoms with Crippen LogP contribution in [0.1, 0.15) is 16.8 Å². The van der Waals surface area contributed by atoms with Crippen LogP contribution in [0.25, 0.3) is 0 Å². The Balaban J connectivity index is 1.68. The molecular weight excluding hydrogens is 427 g/mol. The molecule has 0 saturated carbocycles. The Morgan fingerprint density at radius 2 is 1.79 bits per heavy atom. The molecule has 1 aliphatic rings. The molecule has 28 heavy (non-hydrogen) atoms. The third-order valence-electron chi connectivity index (χ3n) is 3.98. The molecule has 0 fully saturated rings. The van der Waals surface area contributed by atoms with Crippen molar-refractivity contribution in [1.82, 2.24) is 4.90 Å². The number of nitrogens with one attached hydrogen (secondary N) is 1. The minimum absolute atomic E-state index is 0.162. The van der Waals surface area contributed by atoms with E-state index in [4.69, 9.17) is 44.3 Å². The van der Waals surface area contributed by atoms with Gasteiger partial charge in [-0.3, -0.25) is 9.59 Å². The molecule has 0 aromatic heterocycles. The summed E-state index contributed by atoms with van der Waals surface area (Å²) in [6.07, 6.45) is 0.725. The molecule has 0 radical (unpaired) electrons. The molecule has 2 aromatic carbocycles. The molecule has 0 aliphatic carbocycles. The van der Waals surface area contributed by atoms with Crippen molar-refractivity contribution in [3.63, 3.8) is 0 Å². The van der Waals surface area contributed by atoms with E-state index < -0.39 is 0 Å². The number of amides is 2. The Labute approximate surface area is 177 Å². The molecule has 6 nitrogen and oxygen atoms in total. The molecule has 2 amide bonds. The molecule has 0 bridgehead atoms. The van der Waals surface area contributed by atoms with Crippen LogP contribution in [0.2, 0.25) is 15.1 Å². The van der Waals surface area contributed by atoms with E-state index in [1.165, 1.54) is 24.1 Å². The van der Waals surface area contributed by atoms with Gasteiger partial charge in [-0.05, 0) is 30.3 Å². The third-order valence-corrected chi connectivity index (χ3v) is 5.00. The van der Waals surface area contributed by atoms with Gasteiger partial charge in [0.1, 0.15) is 0 Å². The van der Waals surface area contributed by atoms with Gasteiger partial charge < -0.3 is 19.7 Å². The molecule has 148 valence electrons. The number of carbonyl (C=O) groups is 2. The first-order valence-electron chi connectivity index (χ1n) is 8.44. The summed E-state index contributed by atoms with van der Waals surface area (Å²) in [6.45, 7) is 0.808. The normalized spacial score (nSPS) is 12.9. The lowest BCUT2D eigenvalue weighted by molar-refractivity contribution is -0.116. The summed E-state index contributed by atoms with van der Waals surface area (Å²) < 4.78 is 11.2. The lowest BCUT2D eigenvalue weighted by Gasteiger charge is -2.18. The van der Waals surface area contributed by atoms with Crippen molar-refractivity contribution < 1.29 is 19.1 Å². The number of hydrogen-bond acceptors (Lipinski definition) is 4. The first-order valence-corrected chi connectivity index (χ1v) is 9.58. The van der Waals surface area contributed by atoms with Crippen LogP contribution in [0.4, 0.5) is 5.69 Å². The molecule has 0 atom stereocenters. The van der Waals surface area contributed by atoms with Crippen molar-refractivity contribution in [3.05, 3.63) is 51.0 Å². The van der Waals surface area contributed by atoms with Crippen LogP contribution < -0.4 is 14.8 Å². The molecule has 3 rings (SSSR count). The third kappa shape index (κ3) is 4.82. The van der Waals surface area contributed by atoms with Gasteiger partial charge in [0.05, 0.1) is 34.8 Å². The number of rotatable bonds is 4. The quantitative estimate of drug-likeness (QED) is 0.754. The highest BCUT2D eigenvalue weighted by atomic mass is 35.5. The minimum Gasteiger partial charge on any atom is -0.489 e. The van der Waals surface area contributed by atoms with E-state index in [0.717, 1.165) is 6.42 Å². The first-order chi connectivity index (χ1) is 13.3. The zero-order valence-electron chi connectivity index (χ0n) is 14.9. The zero-order valence-corrected chi connectivity index (χ0v) is 17.2. The van der Waals surface area contributed by atoms with Crippen LogP contribution in [0.15, 0.2) is 30.3 Å². The molecule has 0 spiro atoms. The molecule has 1 N–H and O–H groups in total. The Bertz CT molecular complexity index is 920. The standard InChI is InChI=1S/C19H17Cl3N2O4/c1-24(10-17(25)23-12-3-4-13(20)14(21)9-12)19(26)11-7-15(22)18-16(8-11)27-5-2-6-28-18/h3-4,7-9H,2,5-6,10H2,1H3,(H,23,25). The summed E-state index contributed by atoms with van der Waals surface area (Å²) in [5.74, 6) is 0.0919. The fourth-order valence-corrected chi connectivity index (χ4v) is 3.20.